The molecule has 0 aromatic carbocycles. The molecule has 0 aromatic rings. The lowest BCUT2D eigenvalue weighted by atomic mass is 9.90. The van der Waals surface area contributed by atoms with Crippen LogP contribution in [0.4, 0.5) is 0 Å². The van der Waals surface area contributed by atoms with Gasteiger partial charge in [0.15, 0.2) is 5.79 Å². The van der Waals surface area contributed by atoms with Gasteiger partial charge in [0.05, 0.1) is 43.7 Å². The molecule has 0 spiro atoms. The third-order valence-electron chi connectivity index (χ3n) is 5.38. The van der Waals surface area contributed by atoms with E-state index in [2.05, 4.69) is 5.32 Å². The summed E-state index contributed by atoms with van der Waals surface area (Å²) in [7, 11) is 0. The standard InChI is InChI=1S/C18H33NO10/c1-8-15(24)17(26)16(25)13(28-8)7-27-18(3)5-11(23)14(19-9(2)21)12(29-18)4-10(22)6-20/h8,10-17,20,22-26H,4-7H2,1-3H3,(H,19,21)/t8?,10-,11?,12?,13?,14?,15?,16?,17?,18?/m0/s1. The number of aliphatic hydroxyl groups is 6. The van der Waals surface area contributed by atoms with Gasteiger partial charge in [-0.15, -0.1) is 0 Å². The van der Waals surface area contributed by atoms with Gasteiger partial charge in [0.1, 0.15) is 24.4 Å². The number of nitrogens with one attached hydrogen (secondary N) is 1. The van der Waals surface area contributed by atoms with Crippen LogP contribution in [0.2, 0.25) is 0 Å². The third kappa shape index (κ3) is 6.06. The summed E-state index contributed by atoms with van der Waals surface area (Å²) in [6, 6.07) is -0.807. The normalized spacial score (nSPS) is 44.3. The van der Waals surface area contributed by atoms with Gasteiger partial charge in [0, 0.05) is 19.8 Å². The molecular formula is C18H33NO10. The highest BCUT2D eigenvalue weighted by molar-refractivity contribution is 5.73. The Balaban J connectivity index is 2.06. The van der Waals surface area contributed by atoms with Gasteiger partial charge in [-0.05, 0) is 13.8 Å². The van der Waals surface area contributed by atoms with Crippen LogP contribution < -0.4 is 5.32 Å². The molecular weight excluding hydrogens is 390 g/mol. The fraction of sp³-hybridized carbons (Fsp3) is 0.944. The fourth-order valence-electron chi connectivity index (χ4n) is 3.78. The van der Waals surface area contributed by atoms with Crippen LogP contribution in [0.1, 0.15) is 33.6 Å². The average Bonchev–Trinajstić information content (AvgIpc) is 2.64. The van der Waals surface area contributed by atoms with Gasteiger partial charge >= 0.3 is 0 Å². The highest BCUT2D eigenvalue weighted by atomic mass is 16.7. The van der Waals surface area contributed by atoms with Crippen molar-refractivity contribution in [3.8, 4) is 0 Å². The molecule has 0 saturated carbocycles. The maximum absolute atomic E-state index is 11.5. The van der Waals surface area contributed by atoms with Crippen molar-refractivity contribution in [1.82, 2.24) is 5.32 Å². The lowest BCUT2D eigenvalue weighted by molar-refractivity contribution is -0.314. The first-order valence-electron chi connectivity index (χ1n) is 9.73. The van der Waals surface area contributed by atoms with Gasteiger partial charge in [-0.25, -0.2) is 0 Å². The van der Waals surface area contributed by atoms with E-state index in [0.29, 0.717) is 0 Å². The topological polar surface area (TPSA) is 178 Å². The summed E-state index contributed by atoms with van der Waals surface area (Å²) < 4.78 is 17.2. The smallest absolute Gasteiger partial charge is 0.217 e. The molecule has 11 nitrogen and oxygen atoms in total. The minimum Gasteiger partial charge on any atom is -0.394 e. The zero-order chi connectivity index (χ0) is 21.9. The molecule has 2 rings (SSSR count). The van der Waals surface area contributed by atoms with Gasteiger partial charge in [-0.2, -0.15) is 0 Å². The van der Waals surface area contributed by atoms with Crippen LogP contribution in [-0.4, -0.2) is 110 Å². The molecule has 170 valence electrons. The molecule has 2 aliphatic heterocycles. The molecule has 2 saturated heterocycles. The van der Waals surface area contributed by atoms with Crippen molar-refractivity contribution in [2.45, 2.75) is 94.3 Å². The Labute approximate surface area is 169 Å². The van der Waals surface area contributed by atoms with Crippen molar-refractivity contribution in [3.63, 3.8) is 0 Å². The van der Waals surface area contributed by atoms with E-state index < -0.39 is 67.3 Å². The van der Waals surface area contributed by atoms with Crippen molar-refractivity contribution >= 4 is 5.91 Å². The second-order valence-electron chi connectivity index (χ2n) is 8.02. The summed E-state index contributed by atoms with van der Waals surface area (Å²) in [5, 5.41) is 61.9. The van der Waals surface area contributed by atoms with Gasteiger partial charge < -0.3 is 50.2 Å². The van der Waals surface area contributed by atoms with E-state index in [1.165, 1.54) is 6.92 Å². The van der Waals surface area contributed by atoms with Crippen molar-refractivity contribution in [3.05, 3.63) is 0 Å². The van der Waals surface area contributed by atoms with Gasteiger partial charge in [-0.3, -0.25) is 4.79 Å². The first-order valence-corrected chi connectivity index (χ1v) is 9.73. The summed E-state index contributed by atoms with van der Waals surface area (Å²) in [5.74, 6) is -1.73. The van der Waals surface area contributed by atoms with Gasteiger partial charge in [0.2, 0.25) is 5.91 Å². The van der Waals surface area contributed by atoms with Crippen molar-refractivity contribution in [2.24, 2.45) is 0 Å². The molecule has 10 atom stereocenters. The first-order chi connectivity index (χ1) is 13.5. The van der Waals surface area contributed by atoms with Crippen LogP contribution in [0.15, 0.2) is 0 Å². The summed E-state index contributed by atoms with van der Waals surface area (Å²) in [6.07, 6.45) is -8.75. The molecule has 2 aliphatic rings. The van der Waals surface area contributed by atoms with E-state index in [-0.39, 0.29) is 25.4 Å². The molecule has 0 aromatic heterocycles. The summed E-state index contributed by atoms with van der Waals surface area (Å²) in [5.41, 5.74) is 0. The molecule has 29 heavy (non-hydrogen) atoms. The third-order valence-corrected chi connectivity index (χ3v) is 5.38. The average molecular weight is 423 g/mol. The molecule has 9 unspecified atom stereocenters. The lowest BCUT2D eigenvalue weighted by Crippen LogP contribution is -2.62. The number of carbonyl (C=O) groups excluding carboxylic acids is 1. The van der Waals surface area contributed by atoms with Gasteiger partial charge in [-0.1, -0.05) is 0 Å². The molecule has 0 bridgehead atoms. The molecule has 7 N–H and O–H groups in total. The first kappa shape index (κ1) is 24.4. The molecule has 0 radical (unpaired) electrons. The van der Waals surface area contributed by atoms with Crippen LogP contribution >= 0.6 is 0 Å². The molecule has 0 aliphatic carbocycles. The van der Waals surface area contributed by atoms with E-state index in [0.717, 1.165) is 0 Å². The van der Waals surface area contributed by atoms with Crippen molar-refractivity contribution < 1.29 is 49.6 Å². The molecule has 2 heterocycles. The zero-order valence-electron chi connectivity index (χ0n) is 16.8. The number of amides is 1. The second-order valence-corrected chi connectivity index (χ2v) is 8.02. The molecule has 1 amide bonds. The Morgan fingerprint density at radius 3 is 2.45 bits per heavy atom. The lowest BCUT2D eigenvalue weighted by Gasteiger charge is -2.47. The predicted molar refractivity (Wildman–Crippen MR) is 97.5 cm³/mol. The number of carbonyl (C=O) groups is 1. The Bertz CT molecular complexity index is 551. The Morgan fingerprint density at radius 1 is 1.21 bits per heavy atom. The Morgan fingerprint density at radius 2 is 1.86 bits per heavy atom. The second kappa shape index (κ2) is 9.94. The maximum Gasteiger partial charge on any atom is 0.217 e. The minimum absolute atomic E-state index is 0.0206. The maximum atomic E-state index is 11.5. The summed E-state index contributed by atoms with van der Waals surface area (Å²) >= 11 is 0. The van der Waals surface area contributed by atoms with Crippen LogP contribution in [0.5, 0.6) is 0 Å². The number of rotatable bonds is 7. The summed E-state index contributed by atoms with van der Waals surface area (Å²) in [4.78, 5) is 11.5. The van der Waals surface area contributed by atoms with Crippen molar-refractivity contribution in [1.29, 1.82) is 0 Å². The zero-order valence-corrected chi connectivity index (χ0v) is 16.8. The molecule has 2 fully saturated rings. The number of aliphatic hydroxyl groups excluding tert-OH is 6. The number of hydrogen-bond donors (Lipinski definition) is 7. The Kier molecular flexibility index (Phi) is 8.36. The fourth-order valence-corrected chi connectivity index (χ4v) is 3.78. The highest BCUT2D eigenvalue weighted by Gasteiger charge is 2.47. The largest absolute Gasteiger partial charge is 0.394 e. The predicted octanol–water partition coefficient (Wildman–Crippen LogP) is -3.01. The van der Waals surface area contributed by atoms with E-state index in [9.17, 15) is 30.3 Å². The van der Waals surface area contributed by atoms with E-state index in [1.807, 2.05) is 0 Å². The van der Waals surface area contributed by atoms with Crippen LogP contribution in [0, 0.1) is 0 Å². The van der Waals surface area contributed by atoms with Gasteiger partial charge in [0.25, 0.3) is 0 Å². The summed E-state index contributed by atoms with van der Waals surface area (Å²) in [6.45, 7) is 3.69. The minimum atomic E-state index is -1.39. The van der Waals surface area contributed by atoms with E-state index >= 15 is 0 Å². The van der Waals surface area contributed by atoms with Crippen LogP contribution in [0.3, 0.4) is 0 Å². The monoisotopic (exact) mass is 423 g/mol. The van der Waals surface area contributed by atoms with E-state index in [1.54, 1.807) is 13.8 Å². The SMILES string of the molecule is CC(=O)NC1C(O)CC(C)(OCC2OC(C)C(O)C(O)C2O)OC1C[C@H](O)CO. The quantitative estimate of drug-likeness (QED) is 0.223. The highest BCUT2D eigenvalue weighted by Crippen LogP contribution is 2.33. The number of ether oxygens (including phenoxy) is 3. The van der Waals surface area contributed by atoms with Crippen LogP contribution in [0.25, 0.3) is 0 Å². The number of hydrogen-bond acceptors (Lipinski definition) is 10. The van der Waals surface area contributed by atoms with Crippen molar-refractivity contribution in [2.75, 3.05) is 13.2 Å². The van der Waals surface area contributed by atoms with E-state index in [4.69, 9.17) is 19.3 Å². The van der Waals surface area contributed by atoms with Crippen LogP contribution in [-0.2, 0) is 19.0 Å². The Hall–Kier alpha value is -0.890. The molecule has 11 heteroatoms.